The Bertz CT molecular complexity index is 1200. The smallest absolute Gasteiger partial charge is 0.254 e. The summed E-state index contributed by atoms with van der Waals surface area (Å²) in [6, 6.07) is 18.7. The first-order chi connectivity index (χ1) is 14.7. The summed E-state index contributed by atoms with van der Waals surface area (Å²) in [4.78, 5) is 22.3. The van der Waals surface area contributed by atoms with Gasteiger partial charge in [0.05, 0.1) is 12.2 Å². The Labute approximate surface area is 173 Å². The van der Waals surface area contributed by atoms with Crippen molar-refractivity contribution in [3.8, 4) is 5.75 Å². The molecule has 6 nitrogen and oxygen atoms in total. The molecular formula is C24H21N3O3. The van der Waals surface area contributed by atoms with Gasteiger partial charge in [-0.2, -0.15) is 0 Å². The first kappa shape index (κ1) is 18.4. The Morgan fingerprint density at radius 3 is 2.93 bits per heavy atom. The summed E-state index contributed by atoms with van der Waals surface area (Å²) in [7, 11) is 0. The largest absolute Gasteiger partial charge is 0.491 e. The van der Waals surface area contributed by atoms with Crippen LogP contribution in [0, 0.1) is 0 Å². The lowest BCUT2D eigenvalue weighted by Crippen LogP contribution is -2.32. The zero-order valence-electron chi connectivity index (χ0n) is 16.3. The summed E-state index contributed by atoms with van der Waals surface area (Å²) >= 11 is 0. The van der Waals surface area contributed by atoms with Gasteiger partial charge in [-0.05, 0) is 53.4 Å². The third-order valence-corrected chi connectivity index (χ3v) is 5.44. The topological polar surface area (TPSA) is 78.5 Å². The van der Waals surface area contributed by atoms with E-state index in [9.17, 15) is 9.90 Å². The molecule has 0 fully saturated rings. The Balaban J connectivity index is 1.42. The molecule has 0 radical (unpaired) electrons. The van der Waals surface area contributed by atoms with Crippen LogP contribution in [0.4, 0.5) is 0 Å². The molecule has 1 amide bonds. The number of nitrogens with one attached hydrogen (secondary N) is 1. The van der Waals surface area contributed by atoms with E-state index in [1.54, 1.807) is 17.2 Å². The van der Waals surface area contributed by atoms with Crippen molar-refractivity contribution in [1.29, 1.82) is 0 Å². The van der Waals surface area contributed by atoms with E-state index in [0.29, 0.717) is 31.0 Å². The van der Waals surface area contributed by atoms with E-state index in [4.69, 9.17) is 4.74 Å². The van der Waals surface area contributed by atoms with Crippen molar-refractivity contribution in [3.05, 3.63) is 95.4 Å². The van der Waals surface area contributed by atoms with Gasteiger partial charge in [0.25, 0.3) is 5.91 Å². The molecular weight excluding hydrogens is 378 g/mol. The Kier molecular flexibility index (Phi) is 4.69. The molecule has 5 rings (SSSR count). The quantitative estimate of drug-likeness (QED) is 0.551. The van der Waals surface area contributed by atoms with Crippen LogP contribution in [-0.2, 0) is 6.54 Å². The van der Waals surface area contributed by atoms with Gasteiger partial charge in [0.15, 0.2) is 0 Å². The molecule has 3 heterocycles. The fourth-order valence-corrected chi connectivity index (χ4v) is 3.83. The molecule has 4 aromatic rings. The number of carbonyl (C=O) groups excluding carboxylic acids is 1. The highest BCUT2D eigenvalue weighted by Gasteiger charge is 2.23. The molecule has 0 spiro atoms. The molecule has 0 bridgehead atoms. The maximum Gasteiger partial charge on any atom is 0.254 e. The summed E-state index contributed by atoms with van der Waals surface area (Å²) in [6.45, 7) is 1.33. The van der Waals surface area contributed by atoms with Gasteiger partial charge in [0.1, 0.15) is 18.5 Å². The van der Waals surface area contributed by atoms with Crippen LogP contribution in [0.5, 0.6) is 5.75 Å². The number of aliphatic hydroxyl groups excluding tert-OH is 1. The van der Waals surface area contributed by atoms with Crippen LogP contribution in [0.25, 0.3) is 10.9 Å². The second kappa shape index (κ2) is 7.65. The monoisotopic (exact) mass is 399 g/mol. The lowest BCUT2D eigenvalue weighted by Gasteiger charge is -2.20. The van der Waals surface area contributed by atoms with Crippen LogP contribution < -0.4 is 4.74 Å². The summed E-state index contributed by atoms with van der Waals surface area (Å²) in [5.74, 6) is 0.695. The highest BCUT2D eigenvalue weighted by Crippen LogP contribution is 2.29. The highest BCUT2D eigenvalue weighted by molar-refractivity contribution is 5.98. The zero-order valence-corrected chi connectivity index (χ0v) is 16.3. The molecule has 1 atom stereocenters. The predicted octanol–water partition coefficient (Wildman–Crippen LogP) is 3.68. The second-order valence-electron chi connectivity index (χ2n) is 7.38. The van der Waals surface area contributed by atoms with Crippen LogP contribution in [-0.4, -0.2) is 39.0 Å². The van der Waals surface area contributed by atoms with Crippen LogP contribution >= 0.6 is 0 Å². The van der Waals surface area contributed by atoms with Gasteiger partial charge in [-0.15, -0.1) is 0 Å². The number of rotatable bonds is 3. The number of carbonyl (C=O) groups is 1. The summed E-state index contributed by atoms with van der Waals surface area (Å²) in [5, 5.41) is 11.8. The second-order valence-corrected chi connectivity index (χ2v) is 7.38. The number of aromatic nitrogens is 2. The first-order valence-corrected chi connectivity index (χ1v) is 9.90. The van der Waals surface area contributed by atoms with Gasteiger partial charge < -0.3 is 19.7 Å². The predicted molar refractivity (Wildman–Crippen MR) is 113 cm³/mol. The molecule has 1 unspecified atom stereocenters. The van der Waals surface area contributed by atoms with E-state index < -0.39 is 6.10 Å². The molecule has 2 aromatic heterocycles. The average Bonchev–Trinajstić information content (AvgIpc) is 3.16. The van der Waals surface area contributed by atoms with E-state index >= 15 is 0 Å². The molecule has 0 saturated heterocycles. The number of amides is 1. The lowest BCUT2D eigenvalue weighted by atomic mass is 10.0. The molecule has 2 aromatic carbocycles. The average molecular weight is 399 g/mol. The Morgan fingerprint density at radius 2 is 2.07 bits per heavy atom. The minimum atomic E-state index is -0.834. The highest BCUT2D eigenvalue weighted by atomic mass is 16.5. The third kappa shape index (κ3) is 3.42. The lowest BCUT2D eigenvalue weighted by molar-refractivity contribution is 0.0733. The number of nitrogens with zero attached hydrogens (tertiary/aromatic N) is 2. The molecule has 1 aliphatic heterocycles. The molecule has 1 aliphatic rings. The first-order valence-electron chi connectivity index (χ1n) is 9.90. The number of aliphatic hydroxyl groups is 1. The van der Waals surface area contributed by atoms with Crippen LogP contribution in [0.15, 0.2) is 73.1 Å². The number of H-pyrrole nitrogens is 1. The van der Waals surface area contributed by atoms with E-state index in [1.165, 1.54) is 0 Å². The van der Waals surface area contributed by atoms with Crippen LogP contribution in [0.3, 0.4) is 0 Å². The van der Waals surface area contributed by atoms with Gasteiger partial charge in [-0.3, -0.25) is 9.78 Å². The maximum atomic E-state index is 13.2. The van der Waals surface area contributed by atoms with Crippen LogP contribution in [0.2, 0.25) is 0 Å². The van der Waals surface area contributed by atoms with Gasteiger partial charge in [0, 0.05) is 35.6 Å². The minimum Gasteiger partial charge on any atom is -0.491 e. The fraction of sp³-hybridized carbons (Fsp3) is 0.167. The van der Waals surface area contributed by atoms with Crippen molar-refractivity contribution in [1.82, 2.24) is 14.9 Å². The van der Waals surface area contributed by atoms with Crippen molar-refractivity contribution in [2.24, 2.45) is 0 Å². The number of ether oxygens (including phenoxy) is 1. The van der Waals surface area contributed by atoms with Gasteiger partial charge in [-0.1, -0.05) is 18.2 Å². The number of aromatic amines is 1. The maximum absolute atomic E-state index is 13.2. The minimum absolute atomic E-state index is 0.0429. The van der Waals surface area contributed by atoms with Crippen molar-refractivity contribution in [2.75, 3.05) is 13.2 Å². The van der Waals surface area contributed by atoms with E-state index in [-0.39, 0.29) is 5.91 Å². The zero-order chi connectivity index (χ0) is 20.5. The standard InChI is InChI=1S/C24H21N3O3/c28-23(20-3-1-2-9-25-20)17-6-7-22-19(13-17)15-27(11-12-30-22)24(29)18-5-4-16-8-10-26-21(16)14-18/h1-10,13-14,23,26,28H,11-12,15H2. The summed E-state index contributed by atoms with van der Waals surface area (Å²) < 4.78 is 5.87. The summed E-state index contributed by atoms with van der Waals surface area (Å²) in [5.41, 5.74) is 3.75. The fourth-order valence-electron chi connectivity index (χ4n) is 3.83. The third-order valence-electron chi connectivity index (χ3n) is 5.44. The SMILES string of the molecule is O=C(c1ccc2cc[nH]c2c1)N1CCOc2ccc(C(O)c3ccccn3)cc2C1. The van der Waals surface area contributed by atoms with Crippen molar-refractivity contribution >= 4 is 16.8 Å². The van der Waals surface area contributed by atoms with Crippen LogP contribution in [0.1, 0.15) is 33.3 Å². The Hall–Kier alpha value is -3.64. The van der Waals surface area contributed by atoms with Gasteiger partial charge >= 0.3 is 0 Å². The number of pyridine rings is 1. The van der Waals surface area contributed by atoms with E-state index in [2.05, 4.69) is 9.97 Å². The van der Waals surface area contributed by atoms with E-state index in [0.717, 1.165) is 27.8 Å². The van der Waals surface area contributed by atoms with E-state index in [1.807, 2.05) is 60.8 Å². The molecule has 30 heavy (non-hydrogen) atoms. The molecule has 2 N–H and O–H groups in total. The van der Waals surface area contributed by atoms with Gasteiger partial charge in [-0.25, -0.2) is 0 Å². The molecule has 150 valence electrons. The number of benzene rings is 2. The number of fused-ring (bicyclic) bond motifs is 2. The Morgan fingerprint density at radius 1 is 1.13 bits per heavy atom. The molecule has 6 heteroatoms. The van der Waals surface area contributed by atoms with Crippen molar-refractivity contribution in [3.63, 3.8) is 0 Å². The molecule has 0 aliphatic carbocycles. The van der Waals surface area contributed by atoms with Crippen molar-refractivity contribution in [2.45, 2.75) is 12.6 Å². The van der Waals surface area contributed by atoms with Crippen molar-refractivity contribution < 1.29 is 14.6 Å². The molecule has 0 saturated carbocycles. The van der Waals surface area contributed by atoms with Gasteiger partial charge in [0.2, 0.25) is 0 Å². The summed E-state index contributed by atoms with van der Waals surface area (Å²) in [6.07, 6.45) is 2.69. The number of hydrogen-bond acceptors (Lipinski definition) is 4. The number of hydrogen-bond donors (Lipinski definition) is 2. The normalized spacial score (nSPS) is 14.6.